The minimum atomic E-state index is -0.930. The summed E-state index contributed by atoms with van der Waals surface area (Å²) in [4.78, 5) is 9.46. The van der Waals surface area contributed by atoms with Crippen LogP contribution in [0, 0.1) is 11.6 Å². The maximum Gasteiger partial charge on any atom is 0.169 e. The van der Waals surface area contributed by atoms with E-state index in [0.29, 0.717) is 24.5 Å². The van der Waals surface area contributed by atoms with Gasteiger partial charge in [0.25, 0.3) is 0 Å². The van der Waals surface area contributed by atoms with Crippen molar-refractivity contribution in [1.82, 2.24) is 20.1 Å². The Balaban J connectivity index is 1.30. The van der Waals surface area contributed by atoms with Gasteiger partial charge in [-0.25, -0.2) is 13.8 Å². The van der Waals surface area contributed by atoms with Crippen LogP contribution in [0.5, 0.6) is 0 Å². The normalized spacial score (nSPS) is 12.8. The molecule has 9 heteroatoms. The summed E-state index contributed by atoms with van der Waals surface area (Å²) in [5.74, 6) is -0.915. The van der Waals surface area contributed by atoms with Crippen LogP contribution in [0.15, 0.2) is 58.2 Å². The molecule has 4 aromatic rings. The van der Waals surface area contributed by atoms with Gasteiger partial charge in [-0.15, -0.1) is 0 Å². The lowest BCUT2D eigenvalue weighted by Gasteiger charge is -2.19. The van der Waals surface area contributed by atoms with Gasteiger partial charge in [0.2, 0.25) is 0 Å². The van der Waals surface area contributed by atoms with Crippen LogP contribution < -0.4 is 4.90 Å². The molecule has 5 rings (SSSR count). The standard InChI is InChI=1S/C23H20F2N6O/c1-30(2)15-8-6-14(7-9-15)19-10-16(32-29-19)12-31-13-21-20(11-26-31)27-23(28-21)17-4-3-5-18(24)22(17)25/h3-11H,12-13H2,1-2H3,(H,27,28). The Bertz CT molecular complexity index is 1290. The number of hydrogen-bond donors (Lipinski definition) is 1. The maximum atomic E-state index is 14.1. The number of hydrogen-bond acceptors (Lipinski definition) is 6. The molecule has 0 spiro atoms. The molecule has 0 unspecified atom stereocenters. The molecule has 2 aromatic carbocycles. The van der Waals surface area contributed by atoms with E-state index in [0.717, 1.165) is 28.7 Å². The molecule has 1 aliphatic heterocycles. The lowest BCUT2D eigenvalue weighted by molar-refractivity contribution is 0.229. The summed E-state index contributed by atoms with van der Waals surface area (Å²) in [6.45, 7) is 0.824. The lowest BCUT2D eigenvalue weighted by Crippen LogP contribution is -2.21. The Morgan fingerprint density at radius 3 is 2.72 bits per heavy atom. The lowest BCUT2D eigenvalue weighted by atomic mass is 10.1. The average molecular weight is 434 g/mol. The Hall–Kier alpha value is -4.01. The molecule has 162 valence electrons. The highest BCUT2D eigenvalue weighted by atomic mass is 19.2. The molecule has 0 aliphatic carbocycles. The van der Waals surface area contributed by atoms with E-state index >= 15 is 0 Å². The van der Waals surface area contributed by atoms with Gasteiger partial charge in [0.05, 0.1) is 30.6 Å². The summed E-state index contributed by atoms with van der Waals surface area (Å²) >= 11 is 0. The number of rotatable bonds is 5. The number of benzene rings is 2. The van der Waals surface area contributed by atoms with E-state index in [1.54, 1.807) is 11.2 Å². The highest BCUT2D eigenvalue weighted by Gasteiger charge is 2.21. The van der Waals surface area contributed by atoms with E-state index in [4.69, 9.17) is 4.52 Å². The molecule has 0 atom stereocenters. The van der Waals surface area contributed by atoms with Crippen molar-refractivity contribution >= 4 is 11.9 Å². The van der Waals surface area contributed by atoms with Crippen LogP contribution in [-0.4, -0.2) is 40.4 Å². The zero-order valence-electron chi connectivity index (χ0n) is 17.5. The summed E-state index contributed by atoms with van der Waals surface area (Å²) in [6.07, 6.45) is 1.59. The number of nitrogens with zero attached hydrogens (tertiary/aromatic N) is 5. The summed E-state index contributed by atoms with van der Waals surface area (Å²) < 4.78 is 33.2. The van der Waals surface area contributed by atoms with Crippen LogP contribution in [0.1, 0.15) is 17.1 Å². The minimum absolute atomic E-state index is 0.0829. The topological polar surface area (TPSA) is 73.5 Å². The average Bonchev–Trinajstić information content (AvgIpc) is 3.42. The molecule has 3 heterocycles. The number of fused-ring (bicyclic) bond motifs is 1. The van der Waals surface area contributed by atoms with Gasteiger partial charge >= 0.3 is 0 Å². The Labute approximate surface area is 183 Å². The predicted molar refractivity (Wildman–Crippen MR) is 117 cm³/mol. The first-order valence-corrected chi connectivity index (χ1v) is 10.0. The minimum Gasteiger partial charge on any atom is -0.378 e. The number of H-pyrrole nitrogens is 1. The number of halogens is 2. The van der Waals surface area contributed by atoms with Gasteiger partial charge in [-0.3, -0.25) is 5.01 Å². The van der Waals surface area contributed by atoms with Gasteiger partial charge in [-0.1, -0.05) is 23.4 Å². The van der Waals surface area contributed by atoms with Gasteiger partial charge in [0, 0.05) is 31.4 Å². The van der Waals surface area contributed by atoms with Crippen LogP contribution in [0.4, 0.5) is 14.5 Å². The van der Waals surface area contributed by atoms with Crippen molar-refractivity contribution in [2.45, 2.75) is 13.1 Å². The van der Waals surface area contributed by atoms with E-state index in [1.165, 1.54) is 12.1 Å². The van der Waals surface area contributed by atoms with Gasteiger partial charge in [0.1, 0.15) is 17.2 Å². The third-order valence-electron chi connectivity index (χ3n) is 5.28. The van der Waals surface area contributed by atoms with E-state index in [2.05, 4.69) is 20.2 Å². The van der Waals surface area contributed by atoms with Gasteiger partial charge in [-0.05, 0) is 24.3 Å². The zero-order chi connectivity index (χ0) is 22.2. The number of imidazole rings is 1. The van der Waals surface area contributed by atoms with E-state index < -0.39 is 11.6 Å². The number of aromatic amines is 1. The molecule has 1 N–H and O–H groups in total. The molecule has 7 nitrogen and oxygen atoms in total. The number of aromatic nitrogens is 3. The molecule has 2 aromatic heterocycles. The molecule has 0 bridgehead atoms. The fourth-order valence-electron chi connectivity index (χ4n) is 3.55. The molecular formula is C23H20F2N6O. The van der Waals surface area contributed by atoms with Crippen LogP contribution in [0.25, 0.3) is 22.6 Å². The second kappa shape index (κ2) is 7.92. The van der Waals surface area contributed by atoms with Crippen molar-refractivity contribution in [2.24, 2.45) is 5.10 Å². The van der Waals surface area contributed by atoms with Crippen molar-refractivity contribution < 1.29 is 13.3 Å². The molecule has 0 radical (unpaired) electrons. The first-order valence-electron chi connectivity index (χ1n) is 10.0. The SMILES string of the molecule is CN(C)c1ccc(-c2cc(CN3Cc4[nH]c(-c5cccc(F)c5F)nc4C=N3)on2)cc1. The molecule has 0 saturated carbocycles. The number of hydrazone groups is 1. The second-order valence-corrected chi connectivity index (χ2v) is 7.74. The van der Waals surface area contributed by atoms with Crippen molar-refractivity contribution in [3.05, 3.63) is 77.3 Å². The van der Waals surface area contributed by atoms with Crippen LogP contribution in [0.2, 0.25) is 0 Å². The maximum absolute atomic E-state index is 14.1. The fourth-order valence-corrected chi connectivity index (χ4v) is 3.55. The smallest absolute Gasteiger partial charge is 0.169 e. The van der Waals surface area contributed by atoms with Crippen molar-refractivity contribution in [1.29, 1.82) is 0 Å². The summed E-state index contributed by atoms with van der Waals surface area (Å²) in [6, 6.07) is 13.9. The summed E-state index contributed by atoms with van der Waals surface area (Å²) in [5.41, 5.74) is 4.26. The molecule has 0 amide bonds. The first kappa shape index (κ1) is 19.9. The van der Waals surface area contributed by atoms with Gasteiger partial charge in [-0.2, -0.15) is 5.10 Å². The van der Waals surface area contributed by atoms with Crippen molar-refractivity contribution in [3.63, 3.8) is 0 Å². The largest absolute Gasteiger partial charge is 0.378 e. The Kier molecular flexibility index (Phi) is 4.93. The highest BCUT2D eigenvalue weighted by molar-refractivity contribution is 5.80. The van der Waals surface area contributed by atoms with E-state index in [1.807, 2.05) is 49.3 Å². The van der Waals surface area contributed by atoms with Crippen molar-refractivity contribution in [2.75, 3.05) is 19.0 Å². The second-order valence-electron chi connectivity index (χ2n) is 7.74. The quantitative estimate of drug-likeness (QED) is 0.503. The zero-order valence-corrected chi connectivity index (χ0v) is 17.5. The van der Waals surface area contributed by atoms with Crippen LogP contribution >= 0.6 is 0 Å². The predicted octanol–water partition coefficient (Wildman–Crippen LogP) is 4.43. The fraction of sp³-hybridized carbons (Fsp3) is 0.174. The van der Waals surface area contributed by atoms with E-state index in [9.17, 15) is 8.78 Å². The third-order valence-corrected chi connectivity index (χ3v) is 5.28. The van der Waals surface area contributed by atoms with Crippen molar-refractivity contribution in [3.8, 4) is 22.6 Å². The van der Waals surface area contributed by atoms with E-state index in [-0.39, 0.29) is 11.4 Å². The van der Waals surface area contributed by atoms with Gasteiger partial charge < -0.3 is 14.4 Å². The monoisotopic (exact) mass is 434 g/mol. The molecular weight excluding hydrogens is 414 g/mol. The molecule has 0 saturated heterocycles. The summed E-state index contributed by atoms with van der Waals surface area (Å²) in [7, 11) is 3.98. The third kappa shape index (κ3) is 3.73. The Morgan fingerprint density at radius 2 is 1.94 bits per heavy atom. The highest BCUT2D eigenvalue weighted by Crippen LogP contribution is 2.26. The van der Waals surface area contributed by atoms with Gasteiger partial charge in [0.15, 0.2) is 17.4 Å². The number of anilines is 1. The van der Waals surface area contributed by atoms with Crippen LogP contribution in [0.3, 0.4) is 0 Å². The Morgan fingerprint density at radius 1 is 1.12 bits per heavy atom. The molecule has 1 aliphatic rings. The summed E-state index contributed by atoms with van der Waals surface area (Å²) in [5, 5.41) is 10.3. The molecule has 0 fully saturated rings. The van der Waals surface area contributed by atoms with Crippen LogP contribution in [-0.2, 0) is 13.1 Å². The first-order chi connectivity index (χ1) is 15.5. The number of nitrogens with one attached hydrogen (secondary N) is 1. The molecule has 32 heavy (non-hydrogen) atoms.